The Morgan fingerprint density at radius 2 is 1.39 bits per heavy atom. The predicted octanol–water partition coefficient (Wildman–Crippen LogP) is 2.80. The molecule has 23 heavy (non-hydrogen) atoms. The second kappa shape index (κ2) is 7.17. The van der Waals surface area contributed by atoms with Crippen molar-refractivity contribution in [1.29, 1.82) is 0 Å². The molecule has 0 fully saturated rings. The van der Waals surface area contributed by atoms with Gasteiger partial charge in [0.2, 0.25) is 5.91 Å². The number of nitrogens with one attached hydrogen (secondary N) is 1. The molecule has 1 heterocycles. The number of amides is 1. The number of hydrogen-bond acceptors (Lipinski definition) is 2. The standard InChI is InChI=1S/C19H17N2OP/c1-15(22)20-18-13-8-14-19(21-18)23(16-9-4-2-5-10-16)17-11-6-3-7-12-17/h2-14H,1H3,(H,20,21,22). The van der Waals surface area contributed by atoms with Crippen LogP contribution in [0.1, 0.15) is 6.92 Å². The van der Waals surface area contributed by atoms with Gasteiger partial charge in [-0.1, -0.05) is 66.7 Å². The summed E-state index contributed by atoms with van der Waals surface area (Å²) >= 11 is 0. The number of nitrogens with zero attached hydrogens (tertiary/aromatic N) is 1. The van der Waals surface area contributed by atoms with Crippen LogP contribution in [-0.2, 0) is 4.79 Å². The summed E-state index contributed by atoms with van der Waals surface area (Å²) in [5.41, 5.74) is 0.976. The molecule has 3 aromatic rings. The Labute approximate surface area is 137 Å². The van der Waals surface area contributed by atoms with Crippen molar-refractivity contribution in [2.24, 2.45) is 0 Å². The van der Waals surface area contributed by atoms with Crippen molar-refractivity contribution in [2.45, 2.75) is 6.92 Å². The molecule has 0 atom stereocenters. The minimum atomic E-state index is -0.750. The fourth-order valence-corrected chi connectivity index (χ4v) is 4.58. The third kappa shape index (κ3) is 3.82. The molecule has 3 rings (SSSR count). The van der Waals surface area contributed by atoms with E-state index in [-0.39, 0.29) is 5.91 Å². The van der Waals surface area contributed by atoms with Gasteiger partial charge in [0.05, 0.1) is 5.44 Å². The van der Waals surface area contributed by atoms with Crippen molar-refractivity contribution in [2.75, 3.05) is 5.32 Å². The van der Waals surface area contributed by atoms with E-state index in [1.807, 2.05) is 54.6 Å². The van der Waals surface area contributed by atoms with E-state index in [2.05, 4.69) is 34.6 Å². The molecule has 2 aromatic carbocycles. The third-order valence-electron chi connectivity index (χ3n) is 3.30. The topological polar surface area (TPSA) is 42.0 Å². The van der Waals surface area contributed by atoms with Crippen molar-refractivity contribution < 1.29 is 4.79 Å². The van der Waals surface area contributed by atoms with Crippen molar-refractivity contribution in [1.82, 2.24) is 4.98 Å². The number of rotatable bonds is 4. The zero-order valence-electron chi connectivity index (χ0n) is 12.8. The number of carbonyl (C=O) groups is 1. The van der Waals surface area contributed by atoms with Crippen molar-refractivity contribution in [3.05, 3.63) is 78.9 Å². The van der Waals surface area contributed by atoms with E-state index in [0.29, 0.717) is 5.82 Å². The lowest BCUT2D eigenvalue weighted by molar-refractivity contribution is -0.114. The van der Waals surface area contributed by atoms with E-state index in [1.54, 1.807) is 0 Å². The lowest BCUT2D eigenvalue weighted by Crippen LogP contribution is -2.23. The van der Waals surface area contributed by atoms with Gasteiger partial charge in [-0.05, 0) is 22.7 Å². The Bertz CT molecular complexity index is 751. The first kappa shape index (κ1) is 15.4. The molecular formula is C19H17N2OP. The van der Waals surface area contributed by atoms with Crippen molar-refractivity contribution in [3.63, 3.8) is 0 Å². The summed E-state index contributed by atoms with van der Waals surface area (Å²) < 4.78 is 0. The van der Waals surface area contributed by atoms with Gasteiger partial charge in [0.1, 0.15) is 5.82 Å². The quantitative estimate of drug-likeness (QED) is 0.751. The molecule has 1 N–H and O–H groups in total. The van der Waals surface area contributed by atoms with Gasteiger partial charge in [-0.2, -0.15) is 0 Å². The van der Waals surface area contributed by atoms with Crippen LogP contribution >= 0.6 is 7.92 Å². The molecule has 0 saturated carbocycles. The van der Waals surface area contributed by atoms with E-state index < -0.39 is 7.92 Å². The molecule has 0 bridgehead atoms. The summed E-state index contributed by atoms with van der Waals surface area (Å²) in [5, 5.41) is 5.24. The summed E-state index contributed by atoms with van der Waals surface area (Å²) in [5.74, 6) is 0.479. The fraction of sp³-hybridized carbons (Fsp3) is 0.0526. The maximum Gasteiger partial charge on any atom is 0.222 e. The zero-order valence-corrected chi connectivity index (χ0v) is 13.7. The summed E-state index contributed by atoms with van der Waals surface area (Å²) in [6.45, 7) is 1.49. The Hall–Kier alpha value is -2.51. The van der Waals surface area contributed by atoms with Gasteiger partial charge in [0.15, 0.2) is 0 Å². The molecule has 1 amide bonds. The second-order valence-corrected chi connectivity index (χ2v) is 7.23. The molecule has 0 aliphatic rings. The highest BCUT2D eigenvalue weighted by atomic mass is 31.1. The normalized spacial score (nSPS) is 10.5. The molecule has 0 spiro atoms. The molecule has 114 valence electrons. The van der Waals surface area contributed by atoms with E-state index in [1.165, 1.54) is 17.5 Å². The summed E-state index contributed by atoms with van der Waals surface area (Å²) in [6, 6.07) is 26.5. The van der Waals surface area contributed by atoms with Gasteiger partial charge in [0, 0.05) is 14.8 Å². The largest absolute Gasteiger partial charge is 0.311 e. The SMILES string of the molecule is CC(=O)Nc1cccc(P(c2ccccc2)c2ccccc2)n1. The van der Waals surface area contributed by atoms with Crippen LogP contribution in [0.5, 0.6) is 0 Å². The molecule has 0 radical (unpaired) electrons. The van der Waals surface area contributed by atoms with Crippen LogP contribution in [0.3, 0.4) is 0 Å². The molecule has 4 heteroatoms. The van der Waals surface area contributed by atoms with Crippen LogP contribution in [-0.4, -0.2) is 10.9 Å². The zero-order chi connectivity index (χ0) is 16.1. The van der Waals surface area contributed by atoms with Crippen LogP contribution in [0.4, 0.5) is 5.82 Å². The second-order valence-electron chi connectivity index (χ2n) is 5.07. The number of anilines is 1. The monoisotopic (exact) mass is 320 g/mol. The first-order valence-electron chi connectivity index (χ1n) is 7.39. The molecular weight excluding hydrogens is 303 g/mol. The molecule has 0 aliphatic heterocycles. The first-order valence-corrected chi connectivity index (χ1v) is 8.73. The number of aromatic nitrogens is 1. The van der Waals surface area contributed by atoms with E-state index in [4.69, 9.17) is 0 Å². The number of carbonyl (C=O) groups excluding carboxylic acids is 1. The fourth-order valence-electron chi connectivity index (χ4n) is 2.37. The van der Waals surface area contributed by atoms with Gasteiger partial charge in [0.25, 0.3) is 0 Å². The molecule has 0 saturated heterocycles. The third-order valence-corrected chi connectivity index (χ3v) is 5.63. The maximum atomic E-state index is 11.3. The number of benzene rings is 2. The minimum Gasteiger partial charge on any atom is -0.311 e. The van der Waals surface area contributed by atoms with Crippen molar-refractivity contribution >= 4 is 35.7 Å². The predicted molar refractivity (Wildman–Crippen MR) is 97.2 cm³/mol. The van der Waals surface area contributed by atoms with Crippen LogP contribution in [0.25, 0.3) is 0 Å². The summed E-state index contributed by atoms with van der Waals surface area (Å²) in [4.78, 5) is 16.0. The average Bonchev–Trinajstić information content (AvgIpc) is 2.57. The van der Waals surface area contributed by atoms with Gasteiger partial charge in [-0.3, -0.25) is 4.79 Å². The molecule has 3 nitrogen and oxygen atoms in total. The van der Waals surface area contributed by atoms with Gasteiger partial charge in [-0.15, -0.1) is 0 Å². The number of pyridine rings is 1. The first-order chi connectivity index (χ1) is 11.2. The van der Waals surface area contributed by atoms with Crippen LogP contribution in [0.2, 0.25) is 0 Å². The highest BCUT2D eigenvalue weighted by Crippen LogP contribution is 2.31. The lowest BCUT2D eigenvalue weighted by Gasteiger charge is -2.18. The smallest absolute Gasteiger partial charge is 0.222 e. The highest BCUT2D eigenvalue weighted by Gasteiger charge is 2.17. The average molecular weight is 320 g/mol. The van der Waals surface area contributed by atoms with E-state index in [9.17, 15) is 4.79 Å². The Morgan fingerprint density at radius 1 is 0.826 bits per heavy atom. The Kier molecular flexibility index (Phi) is 4.80. The van der Waals surface area contributed by atoms with Gasteiger partial charge < -0.3 is 5.32 Å². The van der Waals surface area contributed by atoms with Gasteiger partial charge >= 0.3 is 0 Å². The number of hydrogen-bond donors (Lipinski definition) is 1. The molecule has 0 aliphatic carbocycles. The van der Waals surface area contributed by atoms with E-state index >= 15 is 0 Å². The minimum absolute atomic E-state index is 0.113. The summed E-state index contributed by atoms with van der Waals surface area (Å²) in [7, 11) is -0.750. The highest BCUT2D eigenvalue weighted by molar-refractivity contribution is 7.79. The lowest BCUT2D eigenvalue weighted by atomic mass is 10.4. The van der Waals surface area contributed by atoms with E-state index in [0.717, 1.165) is 5.44 Å². The maximum absolute atomic E-state index is 11.3. The van der Waals surface area contributed by atoms with Gasteiger partial charge in [-0.25, -0.2) is 4.98 Å². The molecule has 1 aromatic heterocycles. The molecule has 0 unspecified atom stereocenters. The Balaban J connectivity index is 2.07. The van der Waals surface area contributed by atoms with Crippen LogP contribution < -0.4 is 21.4 Å². The summed E-state index contributed by atoms with van der Waals surface area (Å²) in [6.07, 6.45) is 0. The van der Waals surface area contributed by atoms with Crippen molar-refractivity contribution in [3.8, 4) is 0 Å². The Morgan fingerprint density at radius 3 is 1.91 bits per heavy atom. The van der Waals surface area contributed by atoms with Crippen LogP contribution in [0, 0.1) is 0 Å². The van der Waals surface area contributed by atoms with Crippen LogP contribution in [0.15, 0.2) is 78.9 Å².